The van der Waals surface area contributed by atoms with E-state index in [1.165, 1.54) is 0 Å². The first-order chi connectivity index (χ1) is 14.6. The summed E-state index contributed by atoms with van der Waals surface area (Å²) in [5, 5.41) is 12.8. The van der Waals surface area contributed by atoms with Crippen LogP contribution in [0.5, 0.6) is 5.75 Å². The Bertz CT molecular complexity index is 979. The average molecular weight is 449 g/mol. The molecule has 0 fully saturated rings. The van der Waals surface area contributed by atoms with Gasteiger partial charge in [-0.15, -0.1) is 0 Å². The third kappa shape index (κ3) is 5.99. The van der Waals surface area contributed by atoms with E-state index >= 15 is 0 Å². The molecule has 0 spiro atoms. The molecule has 3 rings (SSSR count). The first-order valence-electron chi connectivity index (χ1n) is 9.86. The molecule has 10 heteroatoms. The van der Waals surface area contributed by atoms with Gasteiger partial charge in [-0.3, -0.25) is 4.79 Å². The molecule has 0 saturated carbocycles. The van der Waals surface area contributed by atoms with Crippen LogP contribution in [0.25, 0.3) is 11.0 Å². The van der Waals surface area contributed by atoms with Gasteiger partial charge < -0.3 is 15.4 Å². The van der Waals surface area contributed by atoms with Crippen molar-refractivity contribution in [1.82, 2.24) is 25.1 Å². The molecule has 0 bridgehead atoms. The van der Waals surface area contributed by atoms with Gasteiger partial charge in [0.25, 0.3) is 5.91 Å². The number of thioether (sulfide) groups is 1. The van der Waals surface area contributed by atoms with Gasteiger partial charge in [0.1, 0.15) is 11.6 Å². The van der Waals surface area contributed by atoms with E-state index in [1.807, 2.05) is 0 Å². The molecule has 160 valence electrons. The number of carbonyl (C=O) groups excluding carboxylic acids is 1. The predicted molar refractivity (Wildman–Crippen MR) is 120 cm³/mol. The molecule has 0 aliphatic heterocycles. The van der Waals surface area contributed by atoms with Crippen LogP contribution < -0.4 is 15.4 Å². The topological polar surface area (TPSA) is 94.0 Å². The summed E-state index contributed by atoms with van der Waals surface area (Å²) in [6.07, 6.45) is 2.76. The number of hydrogen-bond donors (Lipinski definition) is 2. The lowest BCUT2D eigenvalue weighted by Gasteiger charge is -2.10. The van der Waals surface area contributed by atoms with Crippen molar-refractivity contribution in [2.24, 2.45) is 0 Å². The third-order valence-corrected chi connectivity index (χ3v) is 5.10. The highest BCUT2D eigenvalue weighted by molar-refractivity contribution is 7.99. The molecule has 3 aromatic rings. The lowest BCUT2D eigenvalue weighted by atomic mass is 10.3. The molecule has 30 heavy (non-hydrogen) atoms. The zero-order valence-electron chi connectivity index (χ0n) is 17.0. The quantitative estimate of drug-likeness (QED) is 0.342. The number of ether oxygens (including phenoxy) is 1. The zero-order valence-corrected chi connectivity index (χ0v) is 18.6. The van der Waals surface area contributed by atoms with Crippen molar-refractivity contribution in [3.05, 3.63) is 35.5 Å². The molecule has 0 saturated heterocycles. The summed E-state index contributed by atoms with van der Waals surface area (Å²) in [5.41, 5.74) is 0.756. The minimum Gasteiger partial charge on any atom is -0.484 e. The number of fused-ring (bicyclic) bond motifs is 1. The number of nitrogens with one attached hydrogen (secondary N) is 2. The van der Waals surface area contributed by atoms with Crippen molar-refractivity contribution in [2.45, 2.75) is 32.0 Å². The Labute approximate surface area is 184 Å². The van der Waals surface area contributed by atoms with Crippen LogP contribution in [-0.4, -0.2) is 51.1 Å². The summed E-state index contributed by atoms with van der Waals surface area (Å²) < 4.78 is 7.24. The number of anilines is 1. The summed E-state index contributed by atoms with van der Waals surface area (Å²) in [6, 6.07) is 6.88. The number of hydrogen-bond acceptors (Lipinski definition) is 7. The predicted octanol–water partition coefficient (Wildman–Crippen LogP) is 3.61. The fourth-order valence-electron chi connectivity index (χ4n) is 2.70. The van der Waals surface area contributed by atoms with Crippen LogP contribution in [-0.2, 0) is 11.3 Å². The molecular formula is C20H25ClN6O2S. The maximum atomic E-state index is 12.1. The largest absolute Gasteiger partial charge is 0.484 e. The molecule has 8 nitrogen and oxygen atoms in total. The van der Waals surface area contributed by atoms with E-state index in [9.17, 15) is 4.79 Å². The maximum absolute atomic E-state index is 12.1. The van der Waals surface area contributed by atoms with Crippen molar-refractivity contribution in [3.63, 3.8) is 0 Å². The van der Waals surface area contributed by atoms with Crippen LogP contribution in [0.15, 0.2) is 35.6 Å². The fourth-order valence-corrected chi connectivity index (χ4v) is 3.39. The van der Waals surface area contributed by atoms with E-state index in [2.05, 4.69) is 39.5 Å². The van der Waals surface area contributed by atoms with Crippen LogP contribution in [0, 0.1) is 0 Å². The molecule has 2 heterocycles. The van der Waals surface area contributed by atoms with Gasteiger partial charge in [-0.1, -0.05) is 37.2 Å². The average Bonchev–Trinajstić information content (AvgIpc) is 3.15. The van der Waals surface area contributed by atoms with Crippen LogP contribution in [0.1, 0.15) is 20.3 Å². The number of amides is 1. The Morgan fingerprint density at radius 1 is 1.20 bits per heavy atom. The molecule has 0 radical (unpaired) electrons. The SMILES string of the molecule is CCCNc1nc(SCC)nc2c1cnn2CCNC(=O)COc1ccc(Cl)cc1. The van der Waals surface area contributed by atoms with Gasteiger partial charge in [0.05, 0.1) is 18.1 Å². The number of nitrogens with zero attached hydrogens (tertiary/aromatic N) is 4. The van der Waals surface area contributed by atoms with Crippen molar-refractivity contribution < 1.29 is 9.53 Å². The van der Waals surface area contributed by atoms with E-state index in [0.717, 1.165) is 35.6 Å². The van der Waals surface area contributed by atoms with Crippen LogP contribution in [0.2, 0.25) is 5.02 Å². The van der Waals surface area contributed by atoms with E-state index in [1.54, 1.807) is 46.9 Å². The number of benzene rings is 1. The Morgan fingerprint density at radius 3 is 2.73 bits per heavy atom. The van der Waals surface area contributed by atoms with Crippen molar-refractivity contribution >= 4 is 46.1 Å². The van der Waals surface area contributed by atoms with Crippen LogP contribution in [0.3, 0.4) is 0 Å². The third-order valence-electron chi connectivity index (χ3n) is 4.12. The lowest BCUT2D eigenvalue weighted by Crippen LogP contribution is -2.31. The number of aromatic nitrogens is 4. The van der Waals surface area contributed by atoms with Gasteiger partial charge in [-0.25, -0.2) is 14.6 Å². The minimum absolute atomic E-state index is 0.0635. The molecule has 0 aliphatic carbocycles. The first kappa shape index (κ1) is 22.2. The standard InChI is InChI=1S/C20H25ClN6O2S/c1-3-9-23-18-16-12-24-27(19(16)26-20(25-18)30-4-2)11-10-22-17(28)13-29-15-7-5-14(21)6-8-15/h5-8,12H,3-4,9-11,13H2,1-2H3,(H,22,28)(H,23,25,26). The molecule has 0 atom stereocenters. The Kier molecular flexibility index (Phi) is 8.15. The Hall–Kier alpha value is -2.52. The highest BCUT2D eigenvalue weighted by Gasteiger charge is 2.13. The Morgan fingerprint density at radius 2 is 2.00 bits per heavy atom. The summed E-state index contributed by atoms with van der Waals surface area (Å²) in [6.45, 7) is 5.85. The molecule has 1 aromatic carbocycles. The Balaban J connectivity index is 1.59. The van der Waals surface area contributed by atoms with Crippen molar-refractivity contribution in [3.8, 4) is 5.75 Å². The van der Waals surface area contributed by atoms with Gasteiger partial charge >= 0.3 is 0 Å². The highest BCUT2D eigenvalue weighted by atomic mass is 35.5. The zero-order chi connectivity index (χ0) is 21.3. The smallest absolute Gasteiger partial charge is 0.258 e. The lowest BCUT2D eigenvalue weighted by molar-refractivity contribution is -0.123. The second-order valence-electron chi connectivity index (χ2n) is 6.41. The molecule has 0 aliphatic rings. The summed E-state index contributed by atoms with van der Waals surface area (Å²) in [5.74, 6) is 2.07. The van der Waals surface area contributed by atoms with Crippen LogP contribution in [0.4, 0.5) is 5.82 Å². The molecule has 2 aromatic heterocycles. The van der Waals surface area contributed by atoms with Gasteiger partial charge in [-0.05, 0) is 36.4 Å². The first-order valence-corrected chi connectivity index (χ1v) is 11.2. The second kappa shape index (κ2) is 11.0. The van der Waals surface area contributed by atoms with E-state index in [0.29, 0.717) is 29.0 Å². The van der Waals surface area contributed by atoms with Gasteiger partial charge in [0.2, 0.25) is 0 Å². The van der Waals surface area contributed by atoms with Crippen molar-refractivity contribution in [1.29, 1.82) is 0 Å². The summed E-state index contributed by atoms with van der Waals surface area (Å²) in [7, 11) is 0. The van der Waals surface area contributed by atoms with Crippen molar-refractivity contribution in [2.75, 3.05) is 30.8 Å². The minimum atomic E-state index is -0.205. The number of halogens is 1. The molecule has 2 N–H and O–H groups in total. The maximum Gasteiger partial charge on any atom is 0.258 e. The second-order valence-corrected chi connectivity index (χ2v) is 8.08. The van der Waals surface area contributed by atoms with E-state index in [-0.39, 0.29) is 12.5 Å². The molecule has 1 amide bonds. The molecule has 0 unspecified atom stereocenters. The van der Waals surface area contributed by atoms with E-state index < -0.39 is 0 Å². The highest BCUT2D eigenvalue weighted by Crippen LogP contribution is 2.24. The van der Waals surface area contributed by atoms with Crippen LogP contribution >= 0.6 is 23.4 Å². The fraction of sp³-hybridized carbons (Fsp3) is 0.400. The number of carbonyl (C=O) groups is 1. The number of rotatable bonds is 11. The normalized spacial score (nSPS) is 10.9. The summed E-state index contributed by atoms with van der Waals surface area (Å²) >= 11 is 7.42. The van der Waals surface area contributed by atoms with Gasteiger partial charge in [0, 0.05) is 18.1 Å². The van der Waals surface area contributed by atoms with Gasteiger partial charge in [-0.2, -0.15) is 5.10 Å². The van der Waals surface area contributed by atoms with E-state index in [4.69, 9.17) is 16.3 Å². The van der Waals surface area contributed by atoms with Gasteiger partial charge in [0.15, 0.2) is 17.4 Å². The monoisotopic (exact) mass is 448 g/mol. The molecular weight excluding hydrogens is 424 g/mol. The summed E-state index contributed by atoms with van der Waals surface area (Å²) in [4.78, 5) is 21.3.